The normalized spacial score (nSPS) is 10.3. The Morgan fingerprint density at radius 3 is 2.68 bits per heavy atom. The fourth-order valence-electron chi connectivity index (χ4n) is 2.05. The van der Waals surface area contributed by atoms with Crippen LogP contribution >= 0.6 is 0 Å². The molecule has 7 nitrogen and oxygen atoms in total. The number of aryl methyl sites for hydroxylation is 3. The number of nitrogens with one attached hydrogen (secondary N) is 2. The molecule has 0 saturated heterocycles. The molecule has 0 aliphatic heterocycles. The third-order valence-corrected chi connectivity index (χ3v) is 3.28. The minimum Gasteiger partial charge on any atom is -0.341 e. The lowest BCUT2D eigenvalue weighted by Gasteiger charge is -2.09. The lowest BCUT2D eigenvalue weighted by Crippen LogP contribution is -2.35. The number of benzene rings is 1. The van der Waals surface area contributed by atoms with E-state index >= 15 is 0 Å². The number of aromatic nitrogens is 3. The summed E-state index contributed by atoms with van der Waals surface area (Å²) in [5.41, 5.74) is 2.63. The number of nitrogens with zero attached hydrogens (tertiary/aromatic N) is 3. The topological polar surface area (TPSA) is 88.9 Å². The van der Waals surface area contributed by atoms with Crippen molar-refractivity contribution in [2.75, 3.05) is 5.32 Å². The molecule has 2 N–H and O–H groups in total. The summed E-state index contributed by atoms with van der Waals surface area (Å²) in [5, 5.41) is 12.8. The van der Waals surface area contributed by atoms with Crippen LogP contribution in [0.2, 0.25) is 0 Å². The van der Waals surface area contributed by atoms with Crippen molar-refractivity contribution in [3.8, 4) is 0 Å². The van der Waals surface area contributed by atoms with Gasteiger partial charge in [-0.3, -0.25) is 9.59 Å². The molecule has 0 aliphatic carbocycles. The van der Waals surface area contributed by atoms with Crippen LogP contribution in [0.5, 0.6) is 0 Å². The summed E-state index contributed by atoms with van der Waals surface area (Å²) >= 11 is 0. The van der Waals surface area contributed by atoms with E-state index in [-0.39, 0.29) is 6.54 Å². The van der Waals surface area contributed by atoms with Gasteiger partial charge in [0, 0.05) is 12.2 Å². The van der Waals surface area contributed by atoms with Crippen molar-refractivity contribution in [1.82, 2.24) is 20.1 Å². The summed E-state index contributed by atoms with van der Waals surface area (Å²) in [7, 11) is 0. The van der Waals surface area contributed by atoms with Crippen molar-refractivity contribution < 1.29 is 9.59 Å². The van der Waals surface area contributed by atoms with Gasteiger partial charge in [-0.25, -0.2) is 0 Å². The van der Waals surface area contributed by atoms with Gasteiger partial charge in [-0.05, 0) is 32.4 Å². The number of anilines is 1. The standard InChI is InChI=1S/C15H19N5O2/c1-4-20-9-17-19-13(20)8-16-14(21)15(22)18-12-6-5-10(2)7-11(12)3/h5-7,9H,4,8H2,1-3H3,(H,16,21)(H,18,22). The van der Waals surface area contributed by atoms with E-state index in [1.807, 2.05) is 32.9 Å². The van der Waals surface area contributed by atoms with Crippen LogP contribution in [0.1, 0.15) is 23.9 Å². The summed E-state index contributed by atoms with van der Waals surface area (Å²) in [4.78, 5) is 23.7. The van der Waals surface area contributed by atoms with Crippen LogP contribution in [0, 0.1) is 13.8 Å². The van der Waals surface area contributed by atoms with E-state index in [0.29, 0.717) is 18.1 Å². The van der Waals surface area contributed by atoms with Gasteiger partial charge < -0.3 is 15.2 Å². The molecular formula is C15H19N5O2. The van der Waals surface area contributed by atoms with E-state index in [9.17, 15) is 9.59 Å². The summed E-state index contributed by atoms with van der Waals surface area (Å²) < 4.78 is 1.79. The molecule has 0 fully saturated rings. The second-order valence-corrected chi connectivity index (χ2v) is 4.99. The van der Waals surface area contributed by atoms with Crippen molar-refractivity contribution in [3.05, 3.63) is 41.5 Å². The third kappa shape index (κ3) is 3.69. The Kier molecular flexibility index (Phi) is 4.88. The Morgan fingerprint density at radius 2 is 2.00 bits per heavy atom. The smallest absolute Gasteiger partial charge is 0.313 e. The highest BCUT2D eigenvalue weighted by Gasteiger charge is 2.15. The highest BCUT2D eigenvalue weighted by Crippen LogP contribution is 2.15. The van der Waals surface area contributed by atoms with Gasteiger partial charge in [0.05, 0.1) is 6.54 Å². The zero-order chi connectivity index (χ0) is 16.1. The van der Waals surface area contributed by atoms with E-state index in [1.165, 1.54) is 0 Å². The van der Waals surface area contributed by atoms with E-state index < -0.39 is 11.8 Å². The summed E-state index contributed by atoms with van der Waals surface area (Å²) in [6.07, 6.45) is 1.58. The van der Waals surface area contributed by atoms with Gasteiger partial charge in [-0.15, -0.1) is 10.2 Å². The fraction of sp³-hybridized carbons (Fsp3) is 0.333. The number of hydrogen-bond donors (Lipinski definition) is 2. The molecular weight excluding hydrogens is 282 g/mol. The molecule has 7 heteroatoms. The van der Waals surface area contributed by atoms with Crippen LogP contribution in [0.15, 0.2) is 24.5 Å². The summed E-state index contributed by atoms with van der Waals surface area (Å²) in [6.45, 7) is 6.65. The Labute approximate surface area is 128 Å². The van der Waals surface area contributed by atoms with Crippen molar-refractivity contribution in [3.63, 3.8) is 0 Å². The number of rotatable bonds is 4. The maximum atomic E-state index is 11.9. The predicted molar refractivity (Wildman–Crippen MR) is 82.1 cm³/mol. The molecule has 22 heavy (non-hydrogen) atoms. The summed E-state index contributed by atoms with van der Waals surface area (Å²) in [5.74, 6) is -0.796. The monoisotopic (exact) mass is 301 g/mol. The van der Waals surface area contributed by atoms with Gasteiger partial charge in [-0.2, -0.15) is 0 Å². The average Bonchev–Trinajstić information content (AvgIpc) is 2.95. The first-order chi connectivity index (χ1) is 10.5. The molecule has 0 bridgehead atoms. The largest absolute Gasteiger partial charge is 0.341 e. The van der Waals surface area contributed by atoms with Crippen molar-refractivity contribution in [2.24, 2.45) is 0 Å². The number of amides is 2. The molecule has 0 atom stereocenters. The number of carbonyl (C=O) groups excluding carboxylic acids is 2. The van der Waals surface area contributed by atoms with Crippen LogP contribution in [-0.4, -0.2) is 26.6 Å². The lowest BCUT2D eigenvalue weighted by molar-refractivity contribution is -0.136. The van der Waals surface area contributed by atoms with Gasteiger partial charge in [0.2, 0.25) is 0 Å². The van der Waals surface area contributed by atoms with Gasteiger partial charge in [0.1, 0.15) is 6.33 Å². The maximum absolute atomic E-state index is 11.9. The van der Waals surface area contributed by atoms with Crippen molar-refractivity contribution >= 4 is 17.5 Å². The van der Waals surface area contributed by atoms with E-state index in [4.69, 9.17) is 0 Å². The predicted octanol–water partition coefficient (Wildman–Crippen LogP) is 1.17. The minimum absolute atomic E-state index is 0.160. The van der Waals surface area contributed by atoms with Crippen LogP contribution < -0.4 is 10.6 Å². The van der Waals surface area contributed by atoms with Gasteiger partial charge in [-0.1, -0.05) is 17.7 Å². The molecule has 0 unspecified atom stereocenters. The molecule has 0 saturated carbocycles. The SMILES string of the molecule is CCn1cnnc1CNC(=O)C(=O)Nc1ccc(C)cc1C. The fourth-order valence-corrected chi connectivity index (χ4v) is 2.05. The molecule has 0 spiro atoms. The van der Waals surface area contributed by atoms with Gasteiger partial charge in [0.25, 0.3) is 0 Å². The Hall–Kier alpha value is -2.70. The molecule has 0 aliphatic rings. The minimum atomic E-state index is -0.703. The summed E-state index contributed by atoms with van der Waals surface area (Å²) in [6, 6.07) is 5.60. The lowest BCUT2D eigenvalue weighted by atomic mass is 10.1. The highest BCUT2D eigenvalue weighted by molar-refractivity contribution is 6.39. The zero-order valence-electron chi connectivity index (χ0n) is 12.9. The molecule has 0 radical (unpaired) electrons. The van der Waals surface area contributed by atoms with Crippen LogP contribution in [0.25, 0.3) is 0 Å². The molecule has 1 aromatic carbocycles. The van der Waals surface area contributed by atoms with Crippen LogP contribution in [0.3, 0.4) is 0 Å². The Balaban J connectivity index is 1.93. The molecule has 2 amide bonds. The van der Waals surface area contributed by atoms with E-state index in [2.05, 4.69) is 20.8 Å². The second-order valence-electron chi connectivity index (χ2n) is 4.99. The molecule has 116 valence electrons. The van der Waals surface area contributed by atoms with Gasteiger partial charge >= 0.3 is 11.8 Å². The molecule has 1 aromatic heterocycles. The molecule has 2 rings (SSSR count). The van der Waals surface area contributed by atoms with Gasteiger partial charge in [0.15, 0.2) is 5.82 Å². The van der Waals surface area contributed by atoms with E-state index in [0.717, 1.165) is 11.1 Å². The second kappa shape index (κ2) is 6.84. The number of hydrogen-bond acceptors (Lipinski definition) is 4. The third-order valence-electron chi connectivity index (χ3n) is 3.28. The Morgan fingerprint density at radius 1 is 1.23 bits per heavy atom. The maximum Gasteiger partial charge on any atom is 0.313 e. The van der Waals surface area contributed by atoms with Crippen LogP contribution in [-0.2, 0) is 22.7 Å². The zero-order valence-corrected chi connectivity index (χ0v) is 12.9. The first kappa shape index (κ1) is 15.7. The van der Waals surface area contributed by atoms with Crippen LogP contribution in [0.4, 0.5) is 5.69 Å². The highest BCUT2D eigenvalue weighted by atomic mass is 16.2. The first-order valence-corrected chi connectivity index (χ1v) is 7.04. The quantitative estimate of drug-likeness (QED) is 0.830. The Bertz CT molecular complexity index is 693. The molecule has 1 heterocycles. The molecule has 2 aromatic rings. The van der Waals surface area contributed by atoms with Crippen molar-refractivity contribution in [2.45, 2.75) is 33.9 Å². The first-order valence-electron chi connectivity index (χ1n) is 7.04. The van der Waals surface area contributed by atoms with E-state index in [1.54, 1.807) is 17.0 Å². The average molecular weight is 301 g/mol. The number of carbonyl (C=O) groups is 2. The van der Waals surface area contributed by atoms with Crippen molar-refractivity contribution in [1.29, 1.82) is 0 Å².